The zero-order valence-electron chi connectivity index (χ0n) is 11.3. The topological polar surface area (TPSA) is 38.8 Å². The molecule has 0 atom stereocenters. The maximum Gasteiger partial charge on any atom is 0.236 e. The van der Waals surface area contributed by atoms with E-state index in [1.54, 1.807) is 0 Å². The molecule has 1 saturated carbocycles. The number of nitrogens with one attached hydrogen (secondary N) is 1. The van der Waals surface area contributed by atoms with Crippen molar-refractivity contribution in [1.29, 1.82) is 0 Å². The van der Waals surface area contributed by atoms with Gasteiger partial charge in [0.2, 0.25) is 5.91 Å². The number of carbonyl (C=O) groups excluding carboxylic acids is 1. The highest BCUT2D eigenvalue weighted by atomic mass is 16.2. The Bertz CT molecular complexity index is 306. The molecule has 0 bridgehead atoms. The molecule has 2 saturated heterocycles. The van der Waals surface area contributed by atoms with Gasteiger partial charge in [0.05, 0.1) is 6.54 Å². The second-order valence-corrected chi connectivity index (χ2v) is 5.86. The van der Waals surface area contributed by atoms with Gasteiger partial charge in [0.25, 0.3) is 0 Å². The molecule has 5 nitrogen and oxygen atoms in total. The lowest BCUT2D eigenvalue weighted by molar-refractivity contribution is -0.132. The molecule has 0 unspecified atom stereocenters. The third-order valence-electron chi connectivity index (χ3n) is 4.53. The first-order valence-corrected chi connectivity index (χ1v) is 7.17. The summed E-state index contributed by atoms with van der Waals surface area (Å²) in [7, 11) is 1.95. The predicted octanol–water partition coefficient (Wildman–Crippen LogP) is -0.803. The van der Waals surface area contributed by atoms with E-state index in [9.17, 15) is 4.79 Å². The Labute approximate surface area is 109 Å². The van der Waals surface area contributed by atoms with Crippen molar-refractivity contribution < 1.29 is 4.79 Å². The van der Waals surface area contributed by atoms with Gasteiger partial charge in [0.1, 0.15) is 0 Å². The fourth-order valence-corrected chi connectivity index (χ4v) is 2.79. The van der Waals surface area contributed by atoms with E-state index in [0.717, 1.165) is 45.3 Å². The molecule has 0 aromatic heterocycles. The van der Waals surface area contributed by atoms with Crippen LogP contribution in [0.5, 0.6) is 0 Å². The van der Waals surface area contributed by atoms with E-state index in [2.05, 4.69) is 15.1 Å². The number of amides is 1. The quantitative estimate of drug-likeness (QED) is 0.711. The van der Waals surface area contributed by atoms with Crippen molar-refractivity contribution in [2.24, 2.45) is 0 Å². The minimum absolute atomic E-state index is 0.302. The number of hydrogen-bond acceptors (Lipinski definition) is 4. The Morgan fingerprint density at radius 2 is 1.89 bits per heavy atom. The SMILES string of the molecule is CN(C(=O)CN1CCN(C2CNC2)CC1)C1CC1. The molecular formula is C13H24N4O. The molecular weight excluding hydrogens is 228 g/mol. The highest BCUT2D eigenvalue weighted by Gasteiger charge is 2.32. The molecule has 102 valence electrons. The van der Waals surface area contributed by atoms with Crippen LogP contribution in [-0.4, -0.2) is 85.6 Å². The zero-order valence-corrected chi connectivity index (χ0v) is 11.3. The molecule has 0 aromatic rings. The van der Waals surface area contributed by atoms with Crippen molar-refractivity contribution in [2.45, 2.75) is 24.9 Å². The Morgan fingerprint density at radius 3 is 2.39 bits per heavy atom. The van der Waals surface area contributed by atoms with Crippen LogP contribution in [-0.2, 0) is 4.79 Å². The summed E-state index contributed by atoms with van der Waals surface area (Å²) in [5.74, 6) is 0.302. The Balaban J connectivity index is 1.40. The summed E-state index contributed by atoms with van der Waals surface area (Å²) in [6.07, 6.45) is 2.40. The van der Waals surface area contributed by atoms with Crippen LogP contribution in [0.2, 0.25) is 0 Å². The van der Waals surface area contributed by atoms with Gasteiger partial charge in [-0.1, -0.05) is 0 Å². The number of likely N-dealkylation sites (N-methyl/N-ethyl adjacent to an activating group) is 1. The zero-order chi connectivity index (χ0) is 12.5. The average molecular weight is 252 g/mol. The summed E-state index contributed by atoms with van der Waals surface area (Å²) in [5.41, 5.74) is 0. The Kier molecular flexibility index (Phi) is 3.54. The summed E-state index contributed by atoms with van der Waals surface area (Å²) in [4.78, 5) is 18.8. The van der Waals surface area contributed by atoms with Gasteiger partial charge in [-0.3, -0.25) is 14.6 Å². The summed E-state index contributed by atoms with van der Waals surface area (Å²) in [5, 5.41) is 3.32. The fraction of sp³-hybridized carbons (Fsp3) is 0.923. The predicted molar refractivity (Wildman–Crippen MR) is 70.5 cm³/mol. The second-order valence-electron chi connectivity index (χ2n) is 5.86. The first-order valence-electron chi connectivity index (χ1n) is 7.17. The van der Waals surface area contributed by atoms with Crippen LogP contribution in [0, 0.1) is 0 Å². The molecule has 0 aromatic carbocycles. The number of rotatable bonds is 4. The van der Waals surface area contributed by atoms with E-state index >= 15 is 0 Å². The third-order valence-corrected chi connectivity index (χ3v) is 4.53. The molecule has 1 N–H and O–H groups in total. The van der Waals surface area contributed by atoms with Crippen molar-refractivity contribution in [2.75, 3.05) is 52.9 Å². The van der Waals surface area contributed by atoms with E-state index in [4.69, 9.17) is 0 Å². The minimum Gasteiger partial charge on any atom is -0.342 e. The Morgan fingerprint density at radius 1 is 1.22 bits per heavy atom. The summed E-state index contributed by atoms with van der Waals surface area (Å²) in [6.45, 7) is 7.22. The first-order chi connectivity index (χ1) is 8.74. The molecule has 0 radical (unpaired) electrons. The van der Waals surface area contributed by atoms with E-state index in [1.165, 1.54) is 12.8 Å². The van der Waals surface area contributed by atoms with Gasteiger partial charge >= 0.3 is 0 Å². The van der Waals surface area contributed by atoms with Gasteiger partial charge in [0, 0.05) is 58.4 Å². The van der Waals surface area contributed by atoms with Gasteiger partial charge in [-0.05, 0) is 12.8 Å². The van der Waals surface area contributed by atoms with Crippen molar-refractivity contribution in [3.63, 3.8) is 0 Å². The van der Waals surface area contributed by atoms with Crippen LogP contribution in [0.25, 0.3) is 0 Å². The lowest BCUT2D eigenvalue weighted by Gasteiger charge is -2.43. The van der Waals surface area contributed by atoms with Gasteiger partial charge < -0.3 is 10.2 Å². The van der Waals surface area contributed by atoms with E-state index in [0.29, 0.717) is 18.5 Å². The number of carbonyl (C=O) groups is 1. The number of nitrogens with zero attached hydrogens (tertiary/aromatic N) is 3. The third kappa shape index (κ3) is 2.68. The monoisotopic (exact) mass is 252 g/mol. The minimum atomic E-state index is 0.302. The Hall–Kier alpha value is -0.650. The van der Waals surface area contributed by atoms with Gasteiger partial charge in [-0.25, -0.2) is 0 Å². The molecule has 5 heteroatoms. The molecule has 2 heterocycles. The largest absolute Gasteiger partial charge is 0.342 e. The van der Waals surface area contributed by atoms with Crippen molar-refractivity contribution in [3.8, 4) is 0 Å². The molecule has 18 heavy (non-hydrogen) atoms. The van der Waals surface area contributed by atoms with Gasteiger partial charge in [0.15, 0.2) is 0 Å². The number of piperazine rings is 1. The van der Waals surface area contributed by atoms with E-state index < -0.39 is 0 Å². The highest BCUT2D eigenvalue weighted by Crippen LogP contribution is 2.25. The maximum atomic E-state index is 12.0. The molecule has 3 rings (SSSR count). The average Bonchev–Trinajstić information content (AvgIpc) is 3.12. The van der Waals surface area contributed by atoms with Crippen molar-refractivity contribution in [1.82, 2.24) is 20.0 Å². The first kappa shape index (κ1) is 12.4. The summed E-state index contributed by atoms with van der Waals surface area (Å²) >= 11 is 0. The lowest BCUT2D eigenvalue weighted by atomic mass is 10.1. The fourth-order valence-electron chi connectivity index (χ4n) is 2.79. The molecule has 3 aliphatic rings. The van der Waals surface area contributed by atoms with Gasteiger partial charge in [-0.2, -0.15) is 0 Å². The smallest absolute Gasteiger partial charge is 0.236 e. The normalized spacial score (nSPS) is 26.9. The van der Waals surface area contributed by atoms with Crippen LogP contribution in [0.4, 0.5) is 0 Å². The maximum absolute atomic E-state index is 12.0. The van der Waals surface area contributed by atoms with E-state index in [1.807, 2.05) is 11.9 Å². The van der Waals surface area contributed by atoms with Crippen molar-refractivity contribution in [3.05, 3.63) is 0 Å². The molecule has 1 aliphatic carbocycles. The molecule has 1 amide bonds. The number of hydrogen-bond donors (Lipinski definition) is 1. The molecule has 3 fully saturated rings. The lowest BCUT2D eigenvalue weighted by Crippen LogP contribution is -2.62. The van der Waals surface area contributed by atoms with Gasteiger partial charge in [-0.15, -0.1) is 0 Å². The van der Waals surface area contributed by atoms with Crippen LogP contribution in [0.15, 0.2) is 0 Å². The standard InChI is InChI=1S/C13H24N4O/c1-15(11-2-3-11)13(18)10-16-4-6-17(7-5-16)12-8-14-9-12/h11-12,14H,2-10H2,1H3. The van der Waals surface area contributed by atoms with Crippen LogP contribution in [0.1, 0.15) is 12.8 Å². The van der Waals surface area contributed by atoms with Crippen LogP contribution >= 0.6 is 0 Å². The second kappa shape index (κ2) is 5.15. The van der Waals surface area contributed by atoms with Crippen LogP contribution < -0.4 is 5.32 Å². The summed E-state index contributed by atoms with van der Waals surface area (Å²) in [6, 6.07) is 1.29. The van der Waals surface area contributed by atoms with Crippen LogP contribution in [0.3, 0.4) is 0 Å². The highest BCUT2D eigenvalue weighted by molar-refractivity contribution is 5.78. The molecule has 2 aliphatic heterocycles. The molecule has 0 spiro atoms. The summed E-state index contributed by atoms with van der Waals surface area (Å²) < 4.78 is 0. The van der Waals surface area contributed by atoms with E-state index in [-0.39, 0.29) is 0 Å². The van der Waals surface area contributed by atoms with Crippen molar-refractivity contribution >= 4 is 5.91 Å².